The Bertz CT molecular complexity index is 1060. The van der Waals surface area contributed by atoms with Gasteiger partial charge in [-0.05, 0) is 51.7 Å². The van der Waals surface area contributed by atoms with E-state index in [1.54, 1.807) is 43.5 Å². The van der Waals surface area contributed by atoms with Gasteiger partial charge in [-0.25, -0.2) is 0 Å². The van der Waals surface area contributed by atoms with E-state index < -0.39 is 10.5 Å². The summed E-state index contributed by atoms with van der Waals surface area (Å²) in [4.78, 5) is 10.9. The van der Waals surface area contributed by atoms with Gasteiger partial charge in [0.25, 0.3) is 5.69 Å². The monoisotopic (exact) mass is 437 g/mol. The van der Waals surface area contributed by atoms with E-state index in [2.05, 4.69) is 21.2 Å². The van der Waals surface area contributed by atoms with Crippen molar-refractivity contribution in [3.8, 4) is 24.0 Å². The molecule has 0 aliphatic carbocycles. The number of nitrogens with zero attached hydrogens (tertiary/aromatic N) is 4. The third kappa shape index (κ3) is 4.64. The van der Waals surface area contributed by atoms with Gasteiger partial charge in [-0.2, -0.15) is 15.8 Å². The van der Waals surface area contributed by atoms with Crippen LogP contribution in [0.2, 0.25) is 0 Å². The largest absolute Gasteiger partial charge is 0.497 e. The molecule has 2 rings (SSSR count). The highest BCUT2D eigenvalue weighted by atomic mass is 79.9. The number of nitro benzene ring substituents is 1. The summed E-state index contributed by atoms with van der Waals surface area (Å²) in [7, 11) is 1.56. The normalized spacial score (nSPS) is 9.39. The van der Waals surface area contributed by atoms with Gasteiger partial charge in [-0.15, -0.1) is 0 Å². The maximum absolute atomic E-state index is 11.5. The van der Waals surface area contributed by atoms with Gasteiger partial charge in [0.05, 0.1) is 12.0 Å². The lowest BCUT2D eigenvalue weighted by atomic mass is 10.0. The highest BCUT2D eigenvalue weighted by Crippen LogP contribution is 2.36. The summed E-state index contributed by atoms with van der Waals surface area (Å²) in [5.41, 5.74) is 0.459. The number of halogens is 1. The summed E-state index contributed by atoms with van der Waals surface area (Å²) in [5, 5.41) is 41.1. The number of ether oxygens (including phenoxy) is 1. The standard InChI is InChI=1S/C19H12BrN5O3/c1-28-15-4-2-12(3-5-15)6-13-7-16(20)19(18(8-13)25(26)27)24-17(11-23)14(9-21)10-22/h2-5,7-8,24H,6H2,1H3. The van der Waals surface area contributed by atoms with Crippen LogP contribution in [-0.2, 0) is 6.42 Å². The second-order valence-corrected chi connectivity index (χ2v) is 6.32. The molecule has 0 aromatic heterocycles. The van der Waals surface area contributed by atoms with Gasteiger partial charge in [0.1, 0.15) is 35.3 Å². The summed E-state index contributed by atoms with van der Waals surface area (Å²) in [6.07, 6.45) is 0.437. The number of methoxy groups -OCH3 is 1. The molecule has 2 aromatic carbocycles. The van der Waals surface area contributed by atoms with Crippen LogP contribution in [-0.4, -0.2) is 12.0 Å². The Balaban J connectivity index is 2.46. The topological polar surface area (TPSA) is 136 Å². The first-order valence-corrected chi connectivity index (χ1v) is 8.54. The van der Waals surface area contributed by atoms with Crippen LogP contribution in [0.1, 0.15) is 11.1 Å². The Kier molecular flexibility index (Phi) is 6.70. The quantitative estimate of drug-likeness (QED) is 0.406. The third-order valence-corrected chi connectivity index (χ3v) is 4.35. The molecule has 1 N–H and O–H groups in total. The van der Waals surface area contributed by atoms with Crippen molar-refractivity contribution in [3.05, 3.63) is 73.4 Å². The van der Waals surface area contributed by atoms with Gasteiger partial charge in [0.2, 0.25) is 0 Å². The highest BCUT2D eigenvalue weighted by molar-refractivity contribution is 9.10. The lowest BCUT2D eigenvalue weighted by molar-refractivity contribution is -0.384. The molecule has 0 unspecified atom stereocenters. The van der Waals surface area contributed by atoms with Crippen molar-refractivity contribution in [1.29, 1.82) is 15.8 Å². The second kappa shape index (κ2) is 9.18. The van der Waals surface area contributed by atoms with Crippen molar-refractivity contribution in [2.45, 2.75) is 6.42 Å². The zero-order chi connectivity index (χ0) is 20.7. The molecule has 8 nitrogen and oxygen atoms in total. The number of hydrogen-bond donors (Lipinski definition) is 1. The molecule has 0 spiro atoms. The minimum Gasteiger partial charge on any atom is -0.497 e. The maximum Gasteiger partial charge on any atom is 0.294 e. The van der Waals surface area contributed by atoms with Crippen molar-refractivity contribution in [3.63, 3.8) is 0 Å². The molecule has 0 amide bonds. The van der Waals surface area contributed by atoms with Gasteiger partial charge < -0.3 is 10.1 Å². The smallest absolute Gasteiger partial charge is 0.294 e. The molecular weight excluding hydrogens is 426 g/mol. The number of nitro groups is 1. The molecule has 0 atom stereocenters. The van der Waals surface area contributed by atoms with E-state index in [0.29, 0.717) is 22.2 Å². The number of rotatable bonds is 6. The van der Waals surface area contributed by atoms with E-state index in [4.69, 9.17) is 20.5 Å². The minimum absolute atomic E-state index is 0.0111. The number of benzene rings is 2. The number of allylic oxidation sites excluding steroid dienone is 2. The van der Waals surface area contributed by atoms with Crippen molar-refractivity contribution in [2.24, 2.45) is 0 Å². The number of hydrogen-bond acceptors (Lipinski definition) is 7. The van der Waals surface area contributed by atoms with Gasteiger partial charge in [0, 0.05) is 10.5 Å². The zero-order valence-corrected chi connectivity index (χ0v) is 16.1. The molecule has 2 aromatic rings. The van der Waals surface area contributed by atoms with E-state index in [-0.39, 0.29) is 17.1 Å². The first-order chi connectivity index (χ1) is 13.4. The van der Waals surface area contributed by atoms with Crippen LogP contribution in [0.15, 0.2) is 52.1 Å². The molecule has 0 bridgehead atoms. The first-order valence-electron chi connectivity index (χ1n) is 7.74. The number of nitrogens with one attached hydrogen (secondary N) is 1. The summed E-state index contributed by atoms with van der Waals surface area (Å²) >= 11 is 3.27. The van der Waals surface area contributed by atoms with Gasteiger partial charge in [-0.1, -0.05) is 12.1 Å². The van der Waals surface area contributed by atoms with E-state index >= 15 is 0 Å². The fraction of sp³-hybridized carbons (Fsp3) is 0.105. The molecule has 28 heavy (non-hydrogen) atoms. The molecular formula is C19H12BrN5O3. The van der Waals surface area contributed by atoms with Crippen LogP contribution in [0, 0.1) is 44.1 Å². The maximum atomic E-state index is 11.5. The highest BCUT2D eigenvalue weighted by Gasteiger charge is 2.21. The molecule has 0 heterocycles. The van der Waals surface area contributed by atoms with Crippen molar-refractivity contribution >= 4 is 27.3 Å². The third-order valence-electron chi connectivity index (χ3n) is 3.73. The SMILES string of the molecule is COc1ccc(Cc2cc(Br)c(NC(C#N)=C(C#N)C#N)c([N+](=O)[O-])c2)cc1. The Hall–Kier alpha value is -3.87. The summed E-state index contributed by atoms with van der Waals surface area (Å²) in [6.45, 7) is 0. The van der Waals surface area contributed by atoms with Crippen molar-refractivity contribution in [1.82, 2.24) is 0 Å². The summed E-state index contributed by atoms with van der Waals surface area (Å²) in [5.74, 6) is 0.706. The Morgan fingerprint density at radius 3 is 2.29 bits per heavy atom. The molecule has 138 valence electrons. The van der Waals surface area contributed by atoms with E-state index in [1.165, 1.54) is 6.07 Å². The van der Waals surface area contributed by atoms with Crippen molar-refractivity contribution in [2.75, 3.05) is 12.4 Å². The molecule has 0 aliphatic rings. The van der Waals surface area contributed by atoms with E-state index in [9.17, 15) is 10.1 Å². The average molecular weight is 438 g/mol. The zero-order valence-electron chi connectivity index (χ0n) is 14.6. The Morgan fingerprint density at radius 2 is 1.79 bits per heavy atom. The van der Waals surface area contributed by atoms with Crippen LogP contribution in [0.4, 0.5) is 11.4 Å². The fourth-order valence-electron chi connectivity index (χ4n) is 2.40. The molecule has 0 fully saturated rings. The molecule has 0 saturated heterocycles. The minimum atomic E-state index is -0.599. The number of anilines is 1. The van der Waals surface area contributed by atoms with Crippen LogP contribution < -0.4 is 10.1 Å². The number of nitriles is 3. The van der Waals surface area contributed by atoms with Crippen LogP contribution in [0.25, 0.3) is 0 Å². The summed E-state index contributed by atoms with van der Waals surface area (Å²) in [6, 6.07) is 15.2. The van der Waals surface area contributed by atoms with Crippen LogP contribution in [0.3, 0.4) is 0 Å². The van der Waals surface area contributed by atoms with Gasteiger partial charge in [0.15, 0.2) is 5.57 Å². The van der Waals surface area contributed by atoms with Crippen LogP contribution in [0.5, 0.6) is 5.75 Å². The lowest BCUT2D eigenvalue weighted by Crippen LogP contribution is -2.05. The Morgan fingerprint density at radius 1 is 1.14 bits per heavy atom. The first kappa shape index (κ1) is 20.4. The lowest BCUT2D eigenvalue weighted by Gasteiger charge is -2.11. The van der Waals surface area contributed by atoms with Gasteiger partial charge in [-0.3, -0.25) is 10.1 Å². The molecule has 9 heteroatoms. The molecule has 0 radical (unpaired) electrons. The summed E-state index contributed by atoms with van der Waals surface area (Å²) < 4.78 is 5.44. The molecule has 0 saturated carbocycles. The van der Waals surface area contributed by atoms with Crippen LogP contribution >= 0.6 is 15.9 Å². The fourth-order valence-corrected chi connectivity index (χ4v) is 3.00. The van der Waals surface area contributed by atoms with Crippen molar-refractivity contribution < 1.29 is 9.66 Å². The predicted molar refractivity (Wildman–Crippen MR) is 104 cm³/mol. The predicted octanol–water partition coefficient (Wildman–Crippen LogP) is 4.19. The van der Waals surface area contributed by atoms with Gasteiger partial charge >= 0.3 is 0 Å². The van der Waals surface area contributed by atoms with E-state index in [1.807, 2.05) is 12.1 Å². The second-order valence-electron chi connectivity index (χ2n) is 5.46. The van der Waals surface area contributed by atoms with E-state index in [0.717, 1.165) is 5.56 Å². The molecule has 0 aliphatic heterocycles. The Labute approximate surface area is 169 Å². The average Bonchev–Trinajstić information content (AvgIpc) is 2.69.